The van der Waals surface area contributed by atoms with Crippen LogP contribution in [0.5, 0.6) is 0 Å². The Morgan fingerprint density at radius 3 is 2.31 bits per heavy atom. The van der Waals surface area contributed by atoms with Crippen molar-refractivity contribution in [3.63, 3.8) is 0 Å². The summed E-state index contributed by atoms with van der Waals surface area (Å²) in [7, 11) is 0. The Morgan fingerprint density at radius 1 is 1.54 bits per heavy atom. The molecule has 0 fully saturated rings. The topological polar surface area (TPSA) is 76.2 Å². The molecule has 13 heavy (non-hydrogen) atoms. The van der Waals surface area contributed by atoms with Crippen LogP contribution >= 0.6 is 19.8 Å². The minimum absolute atomic E-state index is 0.0820. The normalized spacial score (nSPS) is 12.2. The van der Waals surface area contributed by atoms with Gasteiger partial charge in [0.2, 0.25) is 0 Å². The summed E-state index contributed by atoms with van der Waals surface area (Å²) in [6.07, 6.45) is 0. The fraction of sp³-hybridized carbons (Fsp3) is 0.750. The Kier molecular flexibility index (Phi) is 4.66. The first-order valence-electron chi connectivity index (χ1n) is 3.84. The molecule has 0 saturated carbocycles. The van der Waals surface area contributed by atoms with Crippen LogP contribution in [0.2, 0.25) is 0 Å². The molecule has 0 heterocycles. The number of carbonyl (C=O) groups is 1. The number of carbonyl (C=O) groups excluding carboxylic acids is 1. The molecule has 0 atom stereocenters. The molecule has 0 bridgehead atoms. The van der Waals surface area contributed by atoms with Gasteiger partial charge in [-0.15, -0.1) is 0 Å². The molecule has 78 valence electrons. The van der Waals surface area contributed by atoms with Crippen LogP contribution < -0.4 is 5.73 Å². The van der Waals surface area contributed by atoms with Crippen LogP contribution in [0.15, 0.2) is 0 Å². The predicted octanol–water partition coefficient (Wildman–Crippen LogP) is 1.99. The quantitative estimate of drug-likeness (QED) is 0.275. The van der Waals surface area contributed by atoms with E-state index in [4.69, 9.17) is 15.9 Å². The summed E-state index contributed by atoms with van der Waals surface area (Å²) in [6.45, 7) is 5.51. The van der Waals surface area contributed by atoms with Gasteiger partial charge < -0.3 is 0 Å². The third-order valence-electron chi connectivity index (χ3n) is 0.994. The van der Waals surface area contributed by atoms with E-state index in [0.29, 0.717) is 4.43 Å². The molecule has 0 aromatic rings. The SMILES string of the molecule is CI(CC(=N)N)C(=O)OC(C)(C)C. The first kappa shape index (κ1) is 12.7. The standard InChI is InChI=1S/C8H17IN2O2/c1-8(2,3)13-7(12)9(4)5-6(10)11/h5H2,1-4H3,(H3,10,11). The van der Waals surface area contributed by atoms with Crippen LogP contribution in [0, 0.1) is 5.41 Å². The summed E-state index contributed by atoms with van der Waals surface area (Å²) >= 11 is -1.83. The van der Waals surface area contributed by atoms with Gasteiger partial charge in [0.15, 0.2) is 0 Å². The van der Waals surface area contributed by atoms with Crippen LogP contribution in [0.25, 0.3) is 0 Å². The van der Waals surface area contributed by atoms with Crippen molar-refractivity contribution in [1.82, 2.24) is 0 Å². The number of amidine groups is 1. The third kappa shape index (κ3) is 6.80. The molecule has 0 spiro atoms. The summed E-state index contributed by atoms with van der Waals surface area (Å²) in [5, 5.41) is 7.06. The van der Waals surface area contributed by atoms with Gasteiger partial charge in [-0.05, 0) is 0 Å². The number of nitrogens with two attached hydrogens (primary N) is 1. The van der Waals surface area contributed by atoms with Crippen LogP contribution in [-0.4, -0.2) is 24.8 Å². The summed E-state index contributed by atoms with van der Waals surface area (Å²) in [6, 6.07) is 0. The zero-order valence-electron chi connectivity index (χ0n) is 8.48. The van der Waals surface area contributed by atoms with E-state index in [9.17, 15) is 4.79 Å². The zero-order chi connectivity index (χ0) is 10.6. The summed E-state index contributed by atoms with van der Waals surface area (Å²) in [4.78, 5) is 13.2. The van der Waals surface area contributed by atoms with Crippen LogP contribution in [-0.2, 0) is 4.74 Å². The van der Waals surface area contributed by atoms with Gasteiger partial charge in [0, 0.05) is 0 Å². The van der Waals surface area contributed by atoms with Crippen molar-refractivity contribution in [2.24, 2.45) is 5.73 Å². The Morgan fingerprint density at radius 2 is 2.00 bits per heavy atom. The van der Waals surface area contributed by atoms with E-state index >= 15 is 0 Å². The third-order valence-corrected chi connectivity index (χ3v) is 4.68. The predicted molar refractivity (Wildman–Crippen MR) is 63.0 cm³/mol. The van der Waals surface area contributed by atoms with Crippen molar-refractivity contribution in [2.75, 3.05) is 9.36 Å². The molecular formula is C8H17IN2O2. The van der Waals surface area contributed by atoms with Gasteiger partial charge in [-0.1, -0.05) is 0 Å². The fourth-order valence-electron chi connectivity index (χ4n) is 0.577. The van der Waals surface area contributed by atoms with E-state index in [1.54, 1.807) is 0 Å². The van der Waals surface area contributed by atoms with Crippen molar-refractivity contribution in [3.8, 4) is 0 Å². The Labute approximate surface area is 86.1 Å². The van der Waals surface area contributed by atoms with Gasteiger partial charge >= 0.3 is 86.0 Å². The van der Waals surface area contributed by atoms with E-state index in [1.807, 2.05) is 25.7 Å². The first-order valence-corrected chi connectivity index (χ1v) is 8.60. The molecule has 3 N–H and O–H groups in total. The molecule has 0 amide bonds. The molecule has 0 aliphatic heterocycles. The fourth-order valence-corrected chi connectivity index (χ4v) is 3.16. The van der Waals surface area contributed by atoms with Crippen molar-refractivity contribution in [2.45, 2.75) is 26.4 Å². The maximum absolute atomic E-state index is 11.4. The van der Waals surface area contributed by atoms with Gasteiger partial charge in [0.25, 0.3) is 0 Å². The number of nitrogens with one attached hydrogen (secondary N) is 1. The molecule has 0 aliphatic rings. The number of rotatable bonds is 3. The molecule has 4 nitrogen and oxygen atoms in total. The van der Waals surface area contributed by atoms with E-state index in [1.165, 1.54) is 0 Å². The molecule has 0 rings (SSSR count). The molecular weight excluding hydrogens is 283 g/mol. The second kappa shape index (κ2) is 4.78. The molecule has 0 aliphatic carbocycles. The summed E-state index contributed by atoms with van der Waals surface area (Å²) < 4.78 is 5.45. The van der Waals surface area contributed by atoms with Crippen molar-refractivity contribution in [1.29, 1.82) is 5.41 Å². The van der Waals surface area contributed by atoms with Gasteiger partial charge in [-0.2, -0.15) is 0 Å². The Bertz CT molecular complexity index is 211. The number of halogens is 1. The second-order valence-electron chi connectivity index (χ2n) is 3.70. The monoisotopic (exact) mass is 300 g/mol. The van der Waals surface area contributed by atoms with E-state index < -0.39 is 25.4 Å². The van der Waals surface area contributed by atoms with Crippen LogP contribution in [0.4, 0.5) is 4.79 Å². The summed E-state index contributed by atoms with van der Waals surface area (Å²) in [5.41, 5.74) is 4.78. The second-order valence-corrected chi connectivity index (χ2v) is 8.71. The molecule has 0 aromatic carbocycles. The first-order chi connectivity index (χ1) is 5.72. The molecule has 5 heteroatoms. The summed E-state index contributed by atoms with van der Waals surface area (Å²) in [5.74, 6) is 0.0820. The van der Waals surface area contributed by atoms with E-state index in [2.05, 4.69) is 0 Å². The van der Waals surface area contributed by atoms with Crippen LogP contribution in [0.3, 0.4) is 0 Å². The molecule has 0 aromatic heterocycles. The number of hydrogen-bond donors (Lipinski definition) is 2. The Balaban J connectivity index is 4.05. The molecule has 0 radical (unpaired) electrons. The molecule has 0 unspecified atom stereocenters. The number of alkyl halides is 2. The number of hydrogen-bond acceptors (Lipinski definition) is 3. The van der Waals surface area contributed by atoms with Gasteiger partial charge in [0.1, 0.15) is 0 Å². The van der Waals surface area contributed by atoms with Gasteiger partial charge in [-0.25, -0.2) is 0 Å². The van der Waals surface area contributed by atoms with E-state index in [0.717, 1.165) is 0 Å². The van der Waals surface area contributed by atoms with Crippen molar-refractivity contribution < 1.29 is 9.53 Å². The molecule has 0 saturated heterocycles. The van der Waals surface area contributed by atoms with Crippen molar-refractivity contribution >= 4 is 29.6 Å². The van der Waals surface area contributed by atoms with Crippen molar-refractivity contribution in [3.05, 3.63) is 0 Å². The Hall–Kier alpha value is -0.330. The van der Waals surface area contributed by atoms with Gasteiger partial charge in [-0.3, -0.25) is 0 Å². The minimum atomic E-state index is -1.83. The van der Waals surface area contributed by atoms with Crippen LogP contribution in [0.1, 0.15) is 20.8 Å². The maximum atomic E-state index is 11.4. The zero-order valence-corrected chi connectivity index (χ0v) is 10.6. The van der Waals surface area contributed by atoms with E-state index in [-0.39, 0.29) is 9.81 Å². The van der Waals surface area contributed by atoms with Gasteiger partial charge in [0.05, 0.1) is 0 Å². The average Bonchev–Trinajstić information content (AvgIpc) is 1.81. The number of ether oxygens (including phenoxy) is 1. The average molecular weight is 300 g/mol.